The maximum absolute atomic E-state index is 11.1. The first-order valence-corrected chi connectivity index (χ1v) is 4.27. The smallest absolute Gasteiger partial charge is 0.133 e. The molecular formula is C8H13N3O. The van der Waals surface area contributed by atoms with E-state index in [4.69, 9.17) is 5.53 Å². The second-order valence-corrected chi connectivity index (χ2v) is 3.32. The van der Waals surface area contributed by atoms with Crippen LogP contribution >= 0.6 is 0 Å². The van der Waals surface area contributed by atoms with Crippen LogP contribution in [0.3, 0.4) is 0 Å². The van der Waals surface area contributed by atoms with Gasteiger partial charge in [-0.1, -0.05) is 11.5 Å². The van der Waals surface area contributed by atoms with Crippen molar-refractivity contribution in [3.05, 3.63) is 10.4 Å². The number of nitrogens with zero attached hydrogens (tertiary/aromatic N) is 3. The van der Waals surface area contributed by atoms with Gasteiger partial charge in [-0.15, -0.1) is 0 Å². The molecule has 0 aromatic heterocycles. The molecule has 0 amide bonds. The van der Waals surface area contributed by atoms with E-state index in [1.54, 1.807) is 6.92 Å². The monoisotopic (exact) mass is 167 g/mol. The third kappa shape index (κ3) is 1.98. The van der Waals surface area contributed by atoms with E-state index in [-0.39, 0.29) is 11.7 Å². The fraction of sp³-hybridized carbons (Fsp3) is 0.875. The van der Waals surface area contributed by atoms with Gasteiger partial charge in [0.1, 0.15) is 5.78 Å². The zero-order valence-electron chi connectivity index (χ0n) is 7.23. The molecule has 4 nitrogen and oxygen atoms in total. The molecule has 0 bridgehead atoms. The first-order valence-electron chi connectivity index (χ1n) is 4.27. The minimum absolute atomic E-state index is 0.149. The predicted octanol–water partition coefficient (Wildman–Crippen LogP) is 2.30. The second-order valence-electron chi connectivity index (χ2n) is 3.32. The van der Waals surface area contributed by atoms with Crippen molar-refractivity contribution in [2.75, 3.05) is 6.54 Å². The molecule has 0 saturated heterocycles. The summed E-state index contributed by atoms with van der Waals surface area (Å²) in [5.74, 6) is 0.694. The van der Waals surface area contributed by atoms with Gasteiger partial charge in [-0.2, -0.15) is 0 Å². The van der Waals surface area contributed by atoms with Gasteiger partial charge < -0.3 is 0 Å². The standard InChI is InChI=1S/C8H13N3O/c1-6(12)8-4-2-3-7(8)5-10-11-9/h7-8H,2-5H2,1H3. The molecule has 1 aliphatic rings. The lowest BCUT2D eigenvalue weighted by molar-refractivity contribution is -0.121. The van der Waals surface area contributed by atoms with Gasteiger partial charge in [0.2, 0.25) is 0 Å². The largest absolute Gasteiger partial charge is 0.300 e. The Balaban J connectivity index is 2.51. The number of azide groups is 1. The minimum atomic E-state index is 0.149. The van der Waals surface area contributed by atoms with E-state index in [0.717, 1.165) is 19.3 Å². The van der Waals surface area contributed by atoms with Gasteiger partial charge in [0.15, 0.2) is 0 Å². The van der Waals surface area contributed by atoms with E-state index in [1.807, 2.05) is 0 Å². The normalized spacial score (nSPS) is 28.1. The fourth-order valence-electron chi connectivity index (χ4n) is 1.93. The Morgan fingerprint density at radius 3 is 3.00 bits per heavy atom. The number of rotatable bonds is 3. The molecule has 0 heterocycles. The number of carbonyl (C=O) groups is 1. The molecule has 0 aromatic rings. The van der Waals surface area contributed by atoms with Gasteiger partial charge in [-0.25, -0.2) is 0 Å². The number of hydrogen-bond donors (Lipinski definition) is 0. The topological polar surface area (TPSA) is 65.8 Å². The van der Waals surface area contributed by atoms with Gasteiger partial charge in [0.25, 0.3) is 0 Å². The van der Waals surface area contributed by atoms with Crippen LogP contribution in [0.1, 0.15) is 26.2 Å². The molecule has 66 valence electrons. The molecule has 4 heteroatoms. The van der Waals surface area contributed by atoms with Crippen LogP contribution < -0.4 is 0 Å². The van der Waals surface area contributed by atoms with E-state index in [1.165, 1.54) is 0 Å². The van der Waals surface area contributed by atoms with E-state index in [2.05, 4.69) is 10.0 Å². The summed E-state index contributed by atoms with van der Waals surface area (Å²) in [6.07, 6.45) is 3.10. The highest BCUT2D eigenvalue weighted by Crippen LogP contribution is 2.32. The molecule has 1 saturated carbocycles. The molecular weight excluding hydrogens is 154 g/mol. The zero-order valence-corrected chi connectivity index (χ0v) is 7.23. The van der Waals surface area contributed by atoms with Gasteiger partial charge in [-0.3, -0.25) is 4.79 Å². The molecule has 0 N–H and O–H groups in total. The van der Waals surface area contributed by atoms with Crippen molar-refractivity contribution < 1.29 is 4.79 Å². The summed E-state index contributed by atoms with van der Waals surface area (Å²) in [7, 11) is 0. The van der Waals surface area contributed by atoms with Crippen LogP contribution in [0.2, 0.25) is 0 Å². The molecule has 0 aliphatic heterocycles. The molecule has 2 unspecified atom stereocenters. The maximum Gasteiger partial charge on any atom is 0.133 e. The lowest BCUT2D eigenvalue weighted by atomic mass is 9.93. The molecule has 12 heavy (non-hydrogen) atoms. The van der Waals surface area contributed by atoms with Gasteiger partial charge in [-0.05, 0) is 31.2 Å². The van der Waals surface area contributed by atoms with Gasteiger partial charge in [0.05, 0.1) is 0 Å². The second kappa shape index (κ2) is 4.12. The molecule has 0 spiro atoms. The highest BCUT2D eigenvalue weighted by molar-refractivity contribution is 5.78. The lowest BCUT2D eigenvalue weighted by Gasteiger charge is -2.13. The Hall–Kier alpha value is -1.02. The first-order chi connectivity index (χ1) is 5.75. The van der Waals surface area contributed by atoms with Crippen LogP contribution in [0.4, 0.5) is 0 Å². The number of Topliss-reactive ketones (excluding diaryl/α,β-unsaturated/α-hetero) is 1. The Labute approximate surface area is 71.6 Å². The van der Waals surface area contributed by atoms with Crippen LogP contribution in [0.5, 0.6) is 0 Å². The van der Waals surface area contributed by atoms with Crippen LogP contribution in [-0.2, 0) is 4.79 Å². The Morgan fingerprint density at radius 2 is 2.42 bits per heavy atom. The van der Waals surface area contributed by atoms with E-state index in [9.17, 15) is 4.79 Å². The van der Waals surface area contributed by atoms with E-state index < -0.39 is 0 Å². The highest BCUT2D eigenvalue weighted by atomic mass is 16.1. The van der Waals surface area contributed by atoms with Crippen LogP contribution in [0, 0.1) is 11.8 Å². The molecule has 1 fully saturated rings. The SMILES string of the molecule is CC(=O)C1CCCC1CN=[N+]=[N-]. The molecule has 1 aliphatic carbocycles. The van der Waals surface area contributed by atoms with Gasteiger partial charge >= 0.3 is 0 Å². The molecule has 0 aromatic carbocycles. The maximum atomic E-state index is 11.1. The lowest BCUT2D eigenvalue weighted by Crippen LogP contribution is -2.18. The average molecular weight is 167 g/mol. The molecule has 0 radical (unpaired) electrons. The summed E-state index contributed by atoms with van der Waals surface area (Å²) in [5.41, 5.74) is 8.12. The summed E-state index contributed by atoms with van der Waals surface area (Å²) in [5, 5.41) is 3.51. The summed E-state index contributed by atoms with van der Waals surface area (Å²) >= 11 is 0. The Bertz CT molecular complexity index is 220. The predicted molar refractivity (Wildman–Crippen MR) is 45.5 cm³/mol. The zero-order chi connectivity index (χ0) is 8.97. The van der Waals surface area contributed by atoms with Crippen molar-refractivity contribution in [2.24, 2.45) is 17.0 Å². The number of ketones is 1. The third-order valence-corrected chi connectivity index (χ3v) is 2.56. The van der Waals surface area contributed by atoms with Crippen LogP contribution in [0.15, 0.2) is 5.11 Å². The quantitative estimate of drug-likeness (QED) is 0.361. The number of hydrogen-bond acceptors (Lipinski definition) is 2. The van der Waals surface area contributed by atoms with Crippen molar-refractivity contribution in [1.29, 1.82) is 0 Å². The summed E-state index contributed by atoms with van der Waals surface area (Å²) < 4.78 is 0. The van der Waals surface area contributed by atoms with Crippen molar-refractivity contribution in [3.8, 4) is 0 Å². The fourth-order valence-corrected chi connectivity index (χ4v) is 1.93. The van der Waals surface area contributed by atoms with Crippen molar-refractivity contribution in [3.63, 3.8) is 0 Å². The van der Waals surface area contributed by atoms with Crippen molar-refractivity contribution in [2.45, 2.75) is 26.2 Å². The van der Waals surface area contributed by atoms with Crippen molar-refractivity contribution in [1.82, 2.24) is 0 Å². The number of carbonyl (C=O) groups excluding carboxylic acids is 1. The summed E-state index contributed by atoms with van der Waals surface area (Å²) in [6, 6.07) is 0. The average Bonchev–Trinajstić information content (AvgIpc) is 2.48. The van der Waals surface area contributed by atoms with Crippen LogP contribution in [-0.4, -0.2) is 12.3 Å². The van der Waals surface area contributed by atoms with Crippen LogP contribution in [0.25, 0.3) is 10.4 Å². The third-order valence-electron chi connectivity index (χ3n) is 2.56. The van der Waals surface area contributed by atoms with E-state index in [0.29, 0.717) is 12.5 Å². The summed E-state index contributed by atoms with van der Waals surface area (Å²) in [6.45, 7) is 2.11. The minimum Gasteiger partial charge on any atom is -0.300 e. The highest BCUT2D eigenvalue weighted by Gasteiger charge is 2.29. The first kappa shape index (κ1) is 9.07. The van der Waals surface area contributed by atoms with E-state index >= 15 is 0 Å². The van der Waals surface area contributed by atoms with Crippen molar-refractivity contribution >= 4 is 5.78 Å². The van der Waals surface area contributed by atoms with Gasteiger partial charge in [0, 0.05) is 17.4 Å². The molecule has 2 atom stereocenters. The Kier molecular flexibility index (Phi) is 3.11. The summed E-state index contributed by atoms with van der Waals surface area (Å²) in [4.78, 5) is 13.8. The molecule has 1 rings (SSSR count). The Morgan fingerprint density at radius 1 is 1.67 bits per heavy atom.